The second kappa shape index (κ2) is 6.74. The third kappa shape index (κ3) is 3.56. The van der Waals surface area contributed by atoms with Crippen LogP contribution in [-0.4, -0.2) is 17.0 Å². The van der Waals surface area contributed by atoms with Crippen molar-refractivity contribution in [3.05, 3.63) is 54.6 Å². The monoisotopic (exact) mass is 324 g/mol. The lowest BCUT2D eigenvalue weighted by molar-refractivity contribution is -0.157. The Labute approximate surface area is 140 Å². The minimum absolute atomic E-state index is 0.0341. The molecule has 0 spiro atoms. The zero-order valence-corrected chi connectivity index (χ0v) is 13.3. The molecule has 0 atom stereocenters. The summed E-state index contributed by atoms with van der Waals surface area (Å²) in [5, 5.41) is 15.3. The third-order valence-corrected chi connectivity index (χ3v) is 4.49. The summed E-state index contributed by atoms with van der Waals surface area (Å²) < 4.78 is 0. The number of carbonyl (C=O) groups is 2. The average molecular weight is 324 g/mol. The number of carbonyl (C=O) groups excluding carboxylic acids is 1. The van der Waals surface area contributed by atoms with E-state index in [1.807, 2.05) is 42.5 Å². The van der Waals surface area contributed by atoms with Crippen molar-refractivity contribution in [2.75, 3.05) is 10.6 Å². The number of aliphatic carboxylic acids is 1. The molecule has 1 saturated carbocycles. The van der Waals surface area contributed by atoms with Crippen LogP contribution in [0, 0.1) is 5.41 Å². The van der Waals surface area contributed by atoms with Gasteiger partial charge in [0.25, 0.3) is 0 Å². The van der Waals surface area contributed by atoms with Gasteiger partial charge in [-0.2, -0.15) is 0 Å². The minimum Gasteiger partial charge on any atom is -0.481 e. The van der Waals surface area contributed by atoms with Gasteiger partial charge in [-0.1, -0.05) is 24.6 Å². The highest BCUT2D eigenvalue weighted by Crippen LogP contribution is 2.44. The second-order valence-corrected chi connectivity index (χ2v) is 6.23. The molecule has 1 fully saturated rings. The normalized spacial score (nSPS) is 15.2. The quantitative estimate of drug-likeness (QED) is 0.750. The zero-order chi connectivity index (χ0) is 17.0. The van der Waals surface area contributed by atoms with Gasteiger partial charge >= 0.3 is 5.97 Å². The van der Waals surface area contributed by atoms with E-state index in [2.05, 4.69) is 10.6 Å². The van der Waals surface area contributed by atoms with Crippen molar-refractivity contribution < 1.29 is 14.7 Å². The van der Waals surface area contributed by atoms with Crippen molar-refractivity contribution in [1.82, 2.24) is 0 Å². The summed E-state index contributed by atoms with van der Waals surface area (Å²) in [7, 11) is 0. The van der Waals surface area contributed by atoms with E-state index in [4.69, 9.17) is 0 Å². The number of rotatable bonds is 6. The first-order chi connectivity index (χ1) is 11.6. The third-order valence-electron chi connectivity index (χ3n) is 4.49. The van der Waals surface area contributed by atoms with Crippen LogP contribution in [-0.2, 0) is 9.59 Å². The first-order valence-electron chi connectivity index (χ1n) is 8.03. The summed E-state index contributed by atoms with van der Waals surface area (Å²) in [6, 6.07) is 17.2. The molecule has 2 aromatic rings. The number of hydrogen-bond donors (Lipinski definition) is 3. The molecule has 0 radical (unpaired) electrons. The van der Waals surface area contributed by atoms with Gasteiger partial charge in [-0.25, -0.2) is 0 Å². The molecule has 2 aromatic carbocycles. The van der Waals surface area contributed by atoms with E-state index < -0.39 is 11.4 Å². The summed E-state index contributed by atoms with van der Waals surface area (Å²) in [6.07, 6.45) is 2.07. The second-order valence-electron chi connectivity index (χ2n) is 6.23. The molecular weight excluding hydrogens is 304 g/mol. The Morgan fingerprint density at radius 3 is 2.04 bits per heavy atom. The Balaban J connectivity index is 1.58. The highest BCUT2D eigenvalue weighted by Gasteiger charge is 2.45. The topological polar surface area (TPSA) is 78.4 Å². The predicted molar refractivity (Wildman–Crippen MR) is 93.3 cm³/mol. The summed E-state index contributed by atoms with van der Waals surface area (Å²) >= 11 is 0. The van der Waals surface area contributed by atoms with Crippen LogP contribution in [0.3, 0.4) is 0 Å². The Hall–Kier alpha value is -2.82. The Morgan fingerprint density at radius 2 is 1.50 bits per heavy atom. The van der Waals surface area contributed by atoms with Gasteiger partial charge < -0.3 is 15.7 Å². The highest BCUT2D eigenvalue weighted by atomic mass is 16.4. The highest BCUT2D eigenvalue weighted by molar-refractivity contribution is 5.94. The molecule has 1 aliphatic carbocycles. The lowest BCUT2D eigenvalue weighted by atomic mass is 9.66. The fourth-order valence-electron chi connectivity index (χ4n) is 2.91. The van der Waals surface area contributed by atoms with Crippen LogP contribution in [0.15, 0.2) is 54.6 Å². The molecular formula is C19H20N2O3. The maximum atomic E-state index is 12.1. The largest absolute Gasteiger partial charge is 0.481 e. The van der Waals surface area contributed by atoms with Crippen molar-refractivity contribution in [2.24, 2.45) is 5.41 Å². The Bertz CT molecular complexity index is 722. The zero-order valence-electron chi connectivity index (χ0n) is 13.3. The number of hydrogen-bond acceptors (Lipinski definition) is 3. The standard InChI is InChI=1S/C19H20N2O3/c22-17(13-19(18(23)24)11-4-12-19)21-16-9-7-15(8-10-16)20-14-5-2-1-3-6-14/h1-3,5-10,20H,4,11-13H2,(H,21,22)(H,23,24). The average Bonchev–Trinajstić information content (AvgIpc) is 2.53. The van der Waals surface area contributed by atoms with Crippen LogP contribution in [0.5, 0.6) is 0 Å². The molecule has 0 saturated heterocycles. The van der Waals surface area contributed by atoms with Crippen molar-refractivity contribution in [2.45, 2.75) is 25.7 Å². The van der Waals surface area contributed by atoms with Crippen molar-refractivity contribution in [1.29, 1.82) is 0 Å². The molecule has 1 amide bonds. The van der Waals surface area contributed by atoms with Crippen LogP contribution in [0.25, 0.3) is 0 Å². The molecule has 3 rings (SSSR count). The van der Waals surface area contributed by atoms with Gasteiger partial charge in [0.15, 0.2) is 0 Å². The summed E-state index contributed by atoms with van der Waals surface area (Å²) in [5.74, 6) is -1.12. The lowest BCUT2D eigenvalue weighted by Crippen LogP contribution is -2.41. The number of anilines is 3. The van der Waals surface area contributed by atoms with E-state index in [0.29, 0.717) is 18.5 Å². The first-order valence-corrected chi connectivity index (χ1v) is 8.03. The molecule has 0 unspecified atom stereocenters. The fourth-order valence-corrected chi connectivity index (χ4v) is 2.91. The number of amides is 1. The molecule has 124 valence electrons. The van der Waals surface area contributed by atoms with Gasteiger partial charge in [0, 0.05) is 23.5 Å². The number of nitrogens with one attached hydrogen (secondary N) is 2. The molecule has 0 heterocycles. The summed E-state index contributed by atoms with van der Waals surface area (Å²) in [4.78, 5) is 23.4. The van der Waals surface area contributed by atoms with E-state index in [1.54, 1.807) is 12.1 Å². The van der Waals surface area contributed by atoms with Crippen LogP contribution < -0.4 is 10.6 Å². The number of carboxylic acid groups (broad SMARTS) is 1. The summed E-state index contributed by atoms with van der Waals surface area (Å²) in [5.41, 5.74) is 1.71. The molecule has 3 N–H and O–H groups in total. The maximum Gasteiger partial charge on any atom is 0.310 e. The Kier molecular flexibility index (Phi) is 4.51. The van der Waals surface area contributed by atoms with E-state index in [0.717, 1.165) is 17.8 Å². The van der Waals surface area contributed by atoms with Crippen molar-refractivity contribution in [3.63, 3.8) is 0 Å². The van der Waals surface area contributed by atoms with Crippen molar-refractivity contribution >= 4 is 28.9 Å². The lowest BCUT2D eigenvalue weighted by Gasteiger charge is -2.36. The molecule has 0 aromatic heterocycles. The van der Waals surface area contributed by atoms with Crippen molar-refractivity contribution in [3.8, 4) is 0 Å². The van der Waals surface area contributed by atoms with Gasteiger partial charge in [0.1, 0.15) is 0 Å². The van der Waals surface area contributed by atoms with Crippen LogP contribution >= 0.6 is 0 Å². The van der Waals surface area contributed by atoms with E-state index in [9.17, 15) is 14.7 Å². The Morgan fingerprint density at radius 1 is 0.917 bits per heavy atom. The van der Waals surface area contributed by atoms with Gasteiger partial charge in [-0.05, 0) is 49.2 Å². The fraction of sp³-hybridized carbons (Fsp3) is 0.263. The molecule has 0 bridgehead atoms. The van der Waals surface area contributed by atoms with Gasteiger partial charge in [-0.3, -0.25) is 9.59 Å². The molecule has 0 aliphatic heterocycles. The number of para-hydroxylation sites is 1. The molecule has 5 nitrogen and oxygen atoms in total. The van der Waals surface area contributed by atoms with Gasteiger partial charge in [-0.15, -0.1) is 0 Å². The van der Waals surface area contributed by atoms with Crippen LogP contribution in [0.1, 0.15) is 25.7 Å². The van der Waals surface area contributed by atoms with E-state index in [-0.39, 0.29) is 12.3 Å². The predicted octanol–water partition coefficient (Wildman–Crippen LogP) is 4.01. The van der Waals surface area contributed by atoms with E-state index in [1.165, 1.54) is 0 Å². The van der Waals surface area contributed by atoms with E-state index >= 15 is 0 Å². The molecule has 1 aliphatic rings. The van der Waals surface area contributed by atoms with Gasteiger partial charge in [0.05, 0.1) is 5.41 Å². The molecule has 5 heteroatoms. The van der Waals surface area contributed by atoms with Gasteiger partial charge in [0.2, 0.25) is 5.91 Å². The smallest absolute Gasteiger partial charge is 0.310 e. The number of carboxylic acids is 1. The minimum atomic E-state index is -0.869. The summed E-state index contributed by atoms with van der Waals surface area (Å²) in [6.45, 7) is 0. The van der Waals surface area contributed by atoms with Crippen LogP contribution in [0.4, 0.5) is 17.1 Å². The SMILES string of the molecule is O=C(CC1(C(=O)O)CCC1)Nc1ccc(Nc2ccccc2)cc1. The van der Waals surface area contributed by atoms with Crippen LogP contribution in [0.2, 0.25) is 0 Å². The maximum absolute atomic E-state index is 12.1. The first kappa shape index (κ1) is 16.1. The molecule has 24 heavy (non-hydrogen) atoms. The number of benzene rings is 2.